The molecule has 1 atom stereocenters. The van der Waals surface area contributed by atoms with Gasteiger partial charge in [0.05, 0.1) is 5.52 Å². The van der Waals surface area contributed by atoms with Crippen molar-refractivity contribution in [2.24, 2.45) is 0 Å². The van der Waals surface area contributed by atoms with Crippen molar-refractivity contribution < 1.29 is 17.6 Å². The molecule has 0 aliphatic heterocycles. The fourth-order valence-electron chi connectivity index (χ4n) is 3.65. The van der Waals surface area contributed by atoms with Gasteiger partial charge in [-0.2, -0.15) is 0 Å². The molecule has 154 valence electrons. The molecule has 0 aliphatic rings. The maximum Gasteiger partial charge on any atom is 0.197 e. The average molecular weight is 422 g/mol. The quantitative estimate of drug-likeness (QED) is 0.356. The summed E-state index contributed by atoms with van der Waals surface area (Å²) in [6.07, 6.45) is 3.00. The number of alkyl halides is 1. The summed E-state index contributed by atoms with van der Waals surface area (Å²) in [5.41, 5.74) is -1.08. The fourth-order valence-corrected chi connectivity index (χ4v) is 3.65. The predicted molar refractivity (Wildman–Crippen MR) is 108 cm³/mol. The second kappa shape index (κ2) is 6.87. The molecule has 8 heteroatoms. The van der Waals surface area contributed by atoms with Gasteiger partial charge >= 0.3 is 0 Å². The second-order valence-electron chi connectivity index (χ2n) is 7.37. The van der Waals surface area contributed by atoms with Crippen LogP contribution in [0.2, 0.25) is 0 Å². The minimum absolute atomic E-state index is 0.107. The van der Waals surface area contributed by atoms with Crippen LogP contribution in [0.1, 0.15) is 18.3 Å². The van der Waals surface area contributed by atoms with Crippen molar-refractivity contribution in [2.45, 2.75) is 12.6 Å². The highest BCUT2D eigenvalue weighted by Gasteiger charge is 2.34. The van der Waals surface area contributed by atoms with Gasteiger partial charge in [0.2, 0.25) is 0 Å². The Bertz CT molecular complexity index is 1440. The van der Waals surface area contributed by atoms with Gasteiger partial charge in [0.1, 0.15) is 11.6 Å². The van der Waals surface area contributed by atoms with Crippen molar-refractivity contribution in [1.29, 1.82) is 0 Å². The van der Waals surface area contributed by atoms with Gasteiger partial charge in [-0.25, -0.2) is 17.6 Å². The minimum Gasteiger partial charge on any atom is -0.280 e. The molecule has 31 heavy (non-hydrogen) atoms. The topological polar surface area (TPSA) is 43.1 Å². The maximum absolute atomic E-state index is 16.1. The van der Waals surface area contributed by atoms with Crippen LogP contribution in [0.5, 0.6) is 0 Å². The first-order chi connectivity index (χ1) is 14.8. The van der Waals surface area contributed by atoms with Crippen LogP contribution in [0.4, 0.5) is 17.6 Å². The number of pyridine rings is 2. The number of rotatable bonds is 3. The molecule has 2 aromatic carbocycles. The first-order valence-electron chi connectivity index (χ1n) is 9.38. The van der Waals surface area contributed by atoms with E-state index in [1.54, 1.807) is 36.5 Å². The van der Waals surface area contributed by atoms with Crippen LogP contribution in [-0.2, 0) is 5.67 Å². The summed E-state index contributed by atoms with van der Waals surface area (Å²) in [5.74, 6) is -2.57. The van der Waals surface area contributed by atoms with E-state index in [4.69, 9.17) is 0 Å². The normalized spacial score (nSPS) is 13.6. The summed E-state index contributed by atoms with van der Waals surface area (Å²) in [5, 5.41) is 8.40. The predicted octanol–water partition coefficient (Wildman–Crippen LogP) is 5.59. The van der Waals surface area contributed by atoms with Crippen LogP contribution in [0.25, 0.3) is 27.7 Å². The first-order valence-corrected chi connectivity index (χ1v) is 9.38. The van der Waals surface area contributed by atoms with Crippen molar-refractivity contribution in [1.82, 2.24) is 19.6 Å². The first kappa shape index (κ1) is 19.2. The molecule has 3 heterocycles. The number of fused-ring (bicyclic) bond motifs is 2. The van der Waals surface area contributed by atoms with Crippen LogP contribution < -0.4 is 0 Å². The summed E-state index contributed by atoms with van der Waals surface area (Å²) >= 11 is 0. The Hall–Kier alpha value is -3.81. The molecule has 5 rings (SSSR count). The third kappa shape index (κ3) is 3.20. The lowest BCUT2D eigenvalue weighted by Gasteiger charge is -2.20. The highest BCUT2D eigenvalue weighted by atomic mass is 19.1. The van der Waals surface area contributed by atoms with Crippen LogP contribution >= 0.6 is 0 Å². The molecule has 0 saturated carbocycles. The van der Waals surface area contributed by atoms with E-state index in [2.05, 4.69) is 15.2 Å². The van der Waals surface area contributed by atoms with Crippen molar-refractivity contribution in [3.63, 3.8) is 0 Å². The zero-order valence-electron chi connectivity index (χ0n) is 16.2. The molecule has 0 bridgehead atoms. The molecule has 0 N–H and O–H groups in total. The molecule has 3 aromatic heterocycles. The number of aromatic nitrogens is 4. The Kier molecular flexibility index (Phi) is 4.25. The molecule has 0 spiro atoms. The smallest absolute Gasteiger partial charge is 0.197 e. The zero-order valence-corrected chi connectivity index (χ0v) is 16.2. The molecule has 0 fully saturated rings. The van der Waals surface area contributed by atoms with Crippen molar-refractivity contribution in [2.75, 3.05) is 0 Å². The summed E-state index contributed by atoms with van der Waals surface area (Å²) < 4.78 is 59.2. The maximum atomic E-state index is 16.1. The van der Waals surface area contributed by atoms with E-state index in [-0.39, 0.29) is 28.2 Å². The van der Waals surface area contributed by atoms with E-state index < -0.39 is 23.1 Å². The van der Waals surface area contributed by atoms with Gasteiger partial charge in [-0.1, -0.05) is 12.1 Å². The van der Waals surface area contributed by atoms with Crippen LogP contribution in [0, 0.1) is 17.5 Å². The number of hydrogen-bond donors (Lipinski definition) is 0. The molecule has 0 aliphatic carbocycles. The van der Waals surface area contributed by atoms with Gasteiger partial charge in [-0.3, -0.25) is 9.38 Å². The van der Waals surface area contributed by atoms with Gasteiger partial charge in [0, 0.05) is 29.4 Å². The lowest BCUT2D eigenvalue weighted by molar-refractivity contribution is 0.234. The zero-order chi connectivity index (χ0) is 21.8. The molecular weight excluding hydrogens is 408 g/mol. The molecule has 0 amide bonds. The van der Waals surface area contributed by atoms with E-state index in [1.807, 2.05) is 0 Å². The van der Waals surface area contributed by atoms with Gasteiger partial charge in [0.25, 0.3) is 0 Å². The van der Waals surface area contributed by atoms with Gasteiger partial charge < -0.3 is 0 Å². The van der Waals surface area contributed by atoms with Crippen molar-refractivity contribution in [3.8, 4) is 11.1 Å². The number of nitrogens with zero attached hydrogens (tertiary/aromatic N) is 4. The highest BCUT2D eigenvalue weighted by molar-refractivity contribution is 5.79. The van der Waals surface area contributed by atoms with Crippen LogP contribution in [0.15, 0.2) is 67.0 Å². The average Bonchev–Trinajstić information content (AvgIpc) is 3.18. The fraction of sp³-hybridized carbons (Fsp3) is 0.0870. The largest absolute Gasteiger partial charge is 0.280 e. The molecule has 0 radical (unpaired) electrons. The van der Waals surface area contributed by atoms with Gasteiger partial charge in [-0.05, 0) is 54.4 Å². The Labute approximate surface area is 173 Å². The SMILES string of the molecule is C[C@@](F)(c1ccc2ncccc2c1)c1nnc2c(F)cc(-c3cc(F)cc(F)c3)cn12. The summed E-state index contributed by atoms with van der Waals surface area (Å²) in [6.45, 7) is 1.30. The Balaban J connectivity index is 1.69. The highest BCUT2D eigenvalue weighted by Crippen LogP contribution is 2.35. The summed E-state index contributed by atoms with van der Waals surface area (Å²) in [6, 6.07) is 12.4. The molecule has 0 unspecified atom stereocenters. The van der Waals surface area contributed by atoms with Crippen molar-refractivity contribution >= 4 is 16.6 Å². The molecule has 5 aromatic rings. The van der Waals surface area contributed by atoms with Crippen molar-refractivity contribution in [3.05, 3.63) is 95.8 Å². The summed E-state index contributed by atoms with van der Waals surface area (Å²) in [4.78, 5) is 4.22. The van der Waals surface area contributed by atoms with Crippen LogP contribution in [-0.4, -0.2) is 19.6 Å². The number of benzene rings is 2. The molecular formula is C23H14F4N4. The monoisotopic (exact) mass is 422 g/mol. The third-order valence-corrected chi connectivity index (χ3v) is 5.22. The second-order valence-corrected chi connectivity index (χ2v) is 7.37. The van der Waals surface area contributed by atoms with Crippen LogP contribution in [0.3, 0.4) is 0 Å². The van der Waals surface area contributed by atoms with E-state index >= 15 is 4.39 Å². The molecule has 4 nitrogen and oxygen atoms in total. The number of hydrogen-bond acceptors (Lipinski definition) is 3. The van der Waals surface area contributed by atoms with E-state index in [1.165, 1.54) is 17.5 Å². The standard InChI is InChI=1S/C23H14F4N4/c1-23(27,16-4-5-20-13(7-16)3-2-6-28-20)22-30-29-21-19(26)10-15(12-31(21)22)14-8-17(24)11-18(25)9-14/h2-12H,1H3/t23-/m1/s1. The van der Waals surface area contributed by atoms with Gasteiger partial charge in [-0.15, -0.1) is 10.2 Å². The Morgan fingerprint density at radius 3 is 2.42 bits per heavy atom. The lowest BCUT2D eigenvalue weighted by atomic mass is 9.95. The van der Waals surface area contributed by atoms with Gasteiger partial charge in [0.15, 0.2) is 23.0 Å². The summed E-state index contributed by atoms with van der Waals surface area (Å²) in [7, 11) is 0. The van der Waals surface area contributed by atoms with E-state index in [0.29, 0.717) is 5.52 Å². The lowest BCUT2D eigenvalue weighted by Crippen LogP contribution is -2.21. The Morgan fingerprint density at radius 1 is 0.871 bits per heavy atom. The third-order valence-electron chi connectivity index (χ3n) is 5.22. The number of halogens is 4. The molecule has 0 saturated heterocycles. The van der Waals surface area contributed by atoms with E-state index in [9.17, 15) is 13.2 Å². The minimum atomic E-state index is -2.14. The van der Waals surface area contributed by atoms with E-state index in [0.717, 1.165) is 29.7 Å². The Morgan fingerprint density at radius 2 is 1.65 bits per heavy atom.